The van der Waals surface area contributed by atoms with Crippen LogP contribution in [0.5, 0.6) is 0 Å². The summed E-state index contributed by atoms with van der Waals surface area (Å²) < 4.78 is 162. The van der Waals surface area contributed by atoms with Crippen molar-refractivity contribution in [3.63, 3.8) is 0 Å². The zero-order chi connectivity index (χ0) is 59.9. The summed E-state index contributed by atoms with van der Waals surface area (Å²) in [5.74, 6) is -14.9. The molecule has 0 spiro atoms. The molecule has 76 heavy (non-hydrogen) atoms. The molecule has 0 aliphatic carbocycles. The molecule has 1 rings (SSSR count). The van der Waals surface area contributed by atoms with E-state index in [9.17, 15) is 72.4 Å². The van der Waals surface area contributed by atoms with Gasteiger partial charge in [-0.2, -0.15) is 35.1 Å². The third kappa shape index (κ3) is 25.5. The van der Waals surface area contributed by atoms with Crippen LogP contribution in [0.2, 0.25) is 0 Å². The van der Waals surface area contributed by atoms with Gasteiger partial charge in [0, 0.05) is 6.42 Å². The lowest BCUT2D eigenvalue weighted by Gasteiger charge is -2.39. The van der Waals surface area contributed by atoms with Crippen LogP contribution in [0.25, 0.3) is 0 Å². The van der Waals surface area contributed by atoms with E-state index in [2.05, 4.69) is 41.9 Å². The lowest BCUT2D eigenvalue weighted by molar-refractivity contribution is -0.929. The van der Waals surface area contributed by atoms with Gasteiger partial charge in [-0.1, -0.05) is 95.4 Å². The van der Waals surface area contributed by atoms with Gasteiger partial charge in [-0.15, -0.1) is 0 Å². The van der Waals surface area contributed by atoms with Crippen LogP contribution in [0.4, 0.5) is 35.1 Å². The van der Waals surface area contributed by atoms with Crippen molar-refractivity contribution in [2.45, 2.75) is 250 Å². The zero-order valence-corrected chi connectivity index (χ0v) is 49.1. The fourth-order valence-corrected chi connectivity index (χ4v) is 6.73. The summed E-state index contributed by atoms with van der Waals surface area (Å²) in [6.45, 7) is 33.1. The molecule has 0 bridgehead atoms. The first-order chi connectivity index (χ1) is 33.7. The molecule has 1 saturated heterocycles. The number of carbonyl (C=O) groups is 4. The summed E-state index contributed by atoms with van der Waals surface area (Å²) in [7, 11) is -4.30. The van der Waals surface area contributed by atoms with Crippen molar-refractivity contribution in [3.05, 3.63) is 0 Å². The zero-order valence-electron chi connectivity index (χ0n) is 48.3. The van der Waals surface area contributed by atoms with Crippen LogP contribution in [0.3, 0.4) is 0 Å². The average molecular weight is 1140 g/mol. The minimum Gasteiger partial charge on any atom is -0.748 e. The quantitative estimate of drug-likeness (QED) is 0.0269. The Kier molecular flexibility index (Phi) is 34.6. The summed E-state index contributed by atoms with van der Waals surface area (Å²) in [4.78, 5) is 46.7. The number of alkyl halides is 8. The van der Waals surface area contributed by atoms with Crippen LogP contribution in [-0.4, -0.2) is 133 Å². The molecule has 4 unspecified atom stereocenters. The molecular formula is C53H99F8NO13S. The Morgan fingerprint density at radius 1 is 0.671 bits per heavy atom. The van der Waals surface area contributed by atoms with E-state index in [1.54, 1.807) is 41.5 Å². The van der Waals surface area contributed by atoms with Crippen LogP contribution in [0, 0.1) is 22.2 Å². The molecule has 0 aromatic heterocycles. The number of ether oxygens (including phenoxy) is 5. The van der Waals surface area contributed by atoms with E-state index < -0.39 is 116 Å². The van der Waals surface area contributed by atoms with Gasteiger partial charge in [-0.05, 0) is 107 Å². The largest absolute Gasteiger partial charge is 0.748 e. The molecule has 0 aromatic rings. The van der Waals surface area contributed by atoms with Crippen molar-refractivity contribution < 1.29 is 101 Å². The molecule has 14 nitrogen and oxygen atoms in total. The van der Waals surface area contributed by atoms with Crippen molar-refractivity contribution in [1.29, 1.82) is 0 Å². The first-order valence-electron chi connectivity index (χ1n) is 26.2. The van der Waals surface area contributed by atoms with Gasteiger partial charge < -0.3 is 37.8 Å². The Morgan fingerprint density at radius 3 is 1.36 bits per heavy atom. The Morgan fingerprint density at radius 2 is 1.04 bits per heavy atom. The molecule has 1 N–H and O–H groups in total. The van der Waals surface area contributed by atoms with Gasteiger partial charge >= 0.3 is 47.9 Å². The van der Waals surface area contributed by atoms with Crippen LogP contribution in [0.15, 0.2) is 0 Å². The minimum absolute atomic E-state index is 0. The van der Waals surface area contributed by atoms with E-state index in [-0.39, 0.29) is 20.5 Å². The van der Waals surface area contributed by atoms with Gasteiger partial charge in [-0.3, -0.25) is 19.2 Å². The third-order valence-electron chi connectivity index (χ3n) is 13.5. The van der Waals surface area contributed by atoms with Crippen LogP contribution in [0.1, 0.15) is 209 Å². The first-order valence-corrected chi connectivity index (χ1v) is 27.8. The minimum atomic E-state index is -5.76. The molecule has 1 aliphatic rings. The number of unbranched alkanes of at least 4 members (excludes halogenated alkanes) is 4. The molecule has 456 valence electrons. The summed E-state index contributed by atoms with van der Waals surface area (Å²) in [5, 5.41) is 9.28. The highest BCUT2D eigenvalue weighted by Gasteiger charge is 2.86. The van der Waals surface area contributed by atoms with Crippen molar-refractivity contribution in [3.8, 4) is 0 Å². The second-order valence-electron chi connectivity index (χ2n) is 22.1. The van der Waals surface area contributed by atoms with Gasteiger partial charge in [-0.25, -0.2) is 8.42 Å². The lowest BCUT2D eigenvalue weighted by Crippen LogP contribution is -2.65. The van der Waals surface area contributed by atoms with E-state index in [1.165, 1.54) is 117 Å². The number of nitrogens with zero attached hydrogens (tertiary/aromatic N) is 1. The normalized spacial score (nSPS) is 19.2. The molecule has 4 atom stereocenters. The second kappa shape index (κ2) is 33.0. The van der Waals surface area contributed by atoms with E-state index in [0.29, 0.717) is 26.7 Å². The highest BCUT2D eigenvalue weighted by Crippen LogP contribution is 2.57. The number of hydrogen-bond acceptors (Lipinski definition) is 13. The number of hydrogen-bond donors (Lipinski definition) is 1. The summed E-state index contributed by atoms with van der Waals surface area (Å²) >= 11 is 0. The van der Waals surface area contributed by atoms with Gasteiger partial charge in [0.05, 0.1) is 70.8 Å². The second-order valence-corrected chi connectivity index (χ2v) is 23.6. The maximum Gasteiger partial charge on any atom is 0.462 e. The molecular weight excluding hydrogens is 1040 g/mol. The molecule has 1 fully saturated rings. The topological polar surface area (TPSA) is 192 Å². The lowest BCUT2D eigenvalue weighted by atomic mass is 9.89. The Bertz CT molecular complexity index is 1790. The van der Waals surface area contributed by atoms with Crippen molar-refractivity contribution in [2.75, 3.05) is 45.1 Å². The van der Waals surface area contributed by atoms with E-state index in [4.69, 9.17) is 9.47 Å². The predicted octanol–water partition coefficient (Wildman–Crippen LogP) is 13.1. The van der Waals surface area contributed by atoms with E-state index >= 15 is 0 Å². The maximum atomic E-state index is 14.9. The van der Waals surface area contributed by atoms with Crippen LogP contribution in [-0.2, 0) is 53.0 Å². The fraction of sp³-hybridized carbons (Fsp3) is 0.925. The van der Waals surface area contributed by atoms with Gasteiger partial charge in [0.25, 0.3) is 0 Å². The number of rotatable bonds is 27. The smallest absolute Gasteiger partial charge is 0.462 e. The molecule has 0 aromatic carbocycles. The van der Waals surface area contributed by atoms with Crippen molar-refractivity contribution >= 4 is 34.0 Å². The number of carbonyl (C=O) groups excluding carboxylic acids is 4. The number of quaternary nitrogens is 1. The Hall–Kier alpha value is -2.89. The first kappa shape index (κ1) is 79.6. The van der Waals surface area contributed by atoms with Crippen LogP contribution < -0.4 is 0 Å². The summed E-state index contributed by atoms with van der Waals surface area (Å²) in [6.07, 6.45) is 0.207. The molecule has 0 radical (unpaired) electrons. The van der Waals surface area contributed by atoms with Crippen molar-refractivity contribution in [1.82, 2.24) is 0 Å². The molecule has 0 amide bonds. The third-order valence-corrected chi connectivity index (χ3v) is 14.1. The highest BCUT2D eigenvalue weighted by molar-refractivity contribution is 7.85. The van der Waals surface area contributed by atoms with Gasteiger partial charge in [0.15, 0.2) is 5.60 Å². The maximum absolute atomic E-state index is 14.9. The Labute approximate surface area is 451 Å². The van der Waals surface area contributed by atoms with Crippen LogP contribution >= 0.6 is 0 Å². The predicted molar refractivity (Wildman–Crippen MR) is 276 cm³/mol. The van der Waals surface area contributed by atoms with Crippen molar-refractivity contribution in [2.24, 2.45) is 22.2 Å². The van der Waals surface area contributed by atoms with Gasteiger partial charge in [0.1, 0.15) is 12.7 Å². The summed E-state index contributed by atoms with van der Waals surface area (Å²) in [5.41, 5.74) is -8.39. The average Bonchev–Trinajstić information content (AvgIpc) is 3.48. The van der Waals surface area contributed by atoms with E-state index in [0.717, 1.165) is 0 Å². The molecule has 23 heteroatoms. The van der Waals surface area contributed by atoms with E-state index in [1.807, 2.05) is 6.92 Å². The standard InChI is InChI=1S/C16H23F5O5.C16H36N.C12H21F3O3.C8H16O5S.CH4/c1-7-12(4,5)11(23)26-13(6)8-24-15(14(13,17)18,16(19,20)21)25-10(22)9(2)3;1-5-9-13-17(14-10-6-2,15-11-7-3)16-12-8-4;1-6-10(3,4)9(16)18-8(2)7-11(5,17)12(13,14)15;1-4-8(2,3)7(9)13-5-6-14(10,11)12;/h9H,7-8H2,1-6H3;5-16H2,1-4H3;8,17H,6-7H2,1-5H3;4-6H2,1-3H3,(H,10,11,12);1H4/q;+1;;;/p-1. The monoisotopic (exact) mass is 1140 g/mol. The SMILES string of the molecule is C.CCC(C)(C)C(=O)OC(C)CC(C)(O)C(F)(F)F.CCC(C)(C)C(=O)OC1(C)COC(OC(=O)C(C)C)(C(F)(F)F)C1(F)F.CCC(C)(C)C(=O)OCCS(=O)(=O)[O-].CCCC[N+](CCCC)(CCCC)CCCC. The number of halogens is 8. The molecule has 1 aliphatic heterocycles. The number of aliphatic hydroxyl groups is 1. The molecule has 1 heterocycles. The van der Waals surface area contributed by atoms with Gasteiger partial charge in [0.2, 0.25) is 5.60 Å². The highest BCUT2D eigenvalue weighted by atomic mass is 32.2. The fourth-order valence-electron chi connectivity index (χ4n) is 6.44. The number of esters is 4. The molecule has 0 saturated carbocycles. The Balaban J connectivity index is -0.000000466. The summed E-state index contributed by atoms with van der Waals surface area (Å²) in [6, 6.07) is 0.